The van der Waals surface area contributed by atoms with Crippen LogP contribution in [0, 0.1) is 0 Å². The molecule has 4 heteroatoms. The van der Waals surface area contributed by atoms with Gasteiger partial charge in [0.25, 0.3) is 0 Å². The van der Waals surface area contributed by atoms with E-state index in [2.05, 4.69) is 5.32 Å². The Balaban J connectivity index is 1.62. The molecule has 1 N–H and O–H groups in total. The standard InChI is InChI=1S/C18H22N2O2/c1-20(12-13-22-17-10-6-3-7-11-17)15-18(21)19-14-16-8-4-2-5-9-16/h2-11H,12-15H2,1H3,(H,19,21). The molecule has 0 saturated heterocycles. The van der Waals surface area contributed by atoms with Crippen molar-refractivity contribution < 1.29 is 9.53 Å². The summed E-state index contributed by atoms with van der Waals surface area (Å²) in [7, 11) is 1.91. The lowest BCUT2D eigenvalue weighted by molar-refractivity contribution is -0.122. The number of carbonyl (C=O) groups excluding carboxylic acids is 1. The van der Waals surface area contributed by atoms with Gasteiger partial charge in [0.1, 0.15) is 12.4 Å². The molecule has 116 valence electrons. The van der Waals surface area contributed by atoms with E-state index in [-0.39, 0.29) is 5.91 Å². The SMILES string of the molecule is CN(CCOc1ccccc1)CC(=O)NCc1ccccc1. The second-order valence-electron chi connectivity index (χ2n) is 5.16. The van der Waals surface area contributed by atoms with Crippen LogP contribution >= 0.6 is 0 Å². The second kappa shape index (κ2) is 8.85. The quantitative estimate of drug-likeness (QED) is 0.813. The Morgan fingerprint density at radius 3 is 2.36 bits per heavy atom. The topological polar surface area (TPSA) is 41.6 Å². The van der Waals surface area contributed by atoms with E-state index in [1.807, 2.05) is 72.6 Å². The zero-order chi connectivity index (χ0) is 15.6. The summed E-state index contributed by atoms with van der Waals surface area (Å²) < 4.78 is 5.61. The van der Waals surface area contributed by atoms with Gasteiger partial charge in [-0.15, -0.1) is 0 Å². The van der Waals surface area contributed by atoms with Crippen LogP contribution in [0.4, 0.5) is 0 Å². The molecule has 2 aromatic carbocycles. The molecule has 0 aliphatic carbocycles. The monoisotopic (exact) mass is 298 g/mol. The minimum Gasteiger partial charge on any atom is -0.492 e. The molecular weight excluding hydrogens is 276 g/mol. The number of benzene rings is 2. The van der Waals surface area contributed by atoms with Crippen LogP contribution in [-0.4, -0.2) is 37.6 Å². The van der Waals surface area contributed by atoms with Gasteiger partial charge in [0.15, 0.2) is 0 Å². The van der Waals surface area contributed by atoms with Crippen LogP contribution in [0.15, 0.2) is 60.7 Å². The molecule has 4 nitrogen and oxygen atoms in total. The minimum atomic E-state index is 0.0195. The third kappa shape index (κ3) is 5.97. The Bertz CT molecular complexity index is 558. The molecule has 0 aliphatic rings. The average molecular weight is 298 g/mol. The van der Waals surface area contributed by atoms with Crippen molar-refractivity contribution in [3.05, 3.63) is 66.2 Å². The summed E-state index contributed by atoms with van der Waals surface area (Å²) in [5.41, 5.74) is 1.10. The first kappa shape index (κ1) is 16.0. The van der Waals surface area contributed by atoms with E-state index >= 15 is 0 Å². The van der Waals surface area contributed by atoms with E-state index in [1.54, 1.807) is 0 Å². The van der Waals surface area contributed by atoms with Gasteiger partial charge >= 0.3 is 0 Å². The summed E-state index contributed by atoms with van der Waals surface area (Å²) in [6.07, 6.45) is 0. The molecule has 0 aromatic heterocycles. The van der Waals surface area contributed by atoms with E-state index in [4.69, 9.17) is 4.74 Å². The average Bonchev–Trinajstić information content (AvgIpc) is 2.55. The first-order valence-electron chi connectivity index (χ1n) is 7.41. The van der Waals surface area contributed by atoms with Crippen molar-refractivity contribution in [3.63, 3.8) is 0 Å². The third-order valence-electron chi connectivity index (χ3n) is 3.23. The van der Waals surface area contributed by atoms with E-state index in [0.29, 0.717) is 26.2 Å². The highest BCUT2D eigenvalue weighted by Crippen LogP contribution is 2.07. The largest absolute Gasteiger partial charge is 0.492 e. The fraction of sp³-hybridized carbons (Fsp3) is 0.278. The summed E-state index contributed by atoms with van der Waals surface area (Å²) in [5.74, 6) is 0.871. The number of amides is 1. The lowest BCUT2D eigenvalue weighted by atomic mass is 10.2. The molecule has 0 atom stereocenters. The summed E-state index contributed by atoms with van der Waals surface area (Å²) in [6, 6.07) is 19.6. The molecule has 0 saturated carbocycles. The first-order chi connectivity index (χ1) is 10.7. The number of para-hydroxylation sites is 1. The van der Waals surface area contributed by atoms with Gasteiger partial charge in [-0.3, -0.25) is 9.69 Å². The molecule has 0 aliphatic heterocycles. The fourth-order valence-corrected chi connectivity index (χ4v) is 2.01. The van der Waals surface area contributed by atoms with Crippen LogP contribution in [0.1, 0.15) is 5.56 Å². The maximum atomic E-state index is 11.9. The number of likely N-dealkylation sites (N-methyl/N-ethyl adjacent to an activating group) is 1. The number of nitrogens with one attached hydrogen (secondary N) is 1. The molecule has 0 heterocycles. The van der Waals surface area contributed by atoms with E-state index in [9.17, 15) is 4.79 Å². The Morgan fingerprint density at radius 1 is 1.05 bits per heavy atom. The van der Waals surface area contributed by atoms with Gasteiger partial charge < -0.3 is 10.1 Å². The van der Waals surface area contributed by atoms with Crippen molar-refractivity contribution in [2.45, 2.75) is 6.54 Å². The number of rotatable bonds is 8. The molecule has 1 amide bonds. The van der Waals surface area contributed by atoms with E-state index in [0.717, 1.165) is 11.3 Å². The molecule has 0 fully saturated rings. The van der Waals surface area contributed by atoms with Gasteiger partial charge in [0.05, 0.1) is 6.54 Å². The molecule has 0 radical (unpaired) electrons. The van der Waals surface area contributed by atoms with Crippen LogP contribution in [0.2, 0.25) is 0 Å². The van der Waals surface area contributed by atoms with Crippen molar-refractivity contribution in [2.24, 2.45) is 0 Å². The van der Waals surface area contributed by atoms with Crippen LogP contribution in [0.5, 0.6) is 5.75 Å². The van der Waals surface area contributed by atoms with Crippen molar-refractivity contribution in [3.8, 4) is 5.75 Å². The zero-order valence-electron chi connectivity index (χ0n) is 12.9. The number of hydrogen-bond donors (Lipinski definition) is 1. The predicted octanol–water partition coefficient (Wildman–Crippen LogP) is 2.31. The number of nitrogens with zero attached hydrogens (tertiary/aromatic N) is 1. The van der Waals surface area contributed by atoms with Gasteiger partial charge in [-0.2, -0.15) is 0 Å². The molecular formula is C18H22N2O2. The predicted molar refractivity (Wildman–Crippen MR) is 87.7 cm³/mol. The maximum absolute atomic E-state index is 11.9. The highest BCUT2D eigenvalue weighted by atomic mass is 16.5. The molecule has 2 rings (SSSR count). The Labute approximate surface area is 131 Å². The van der Waals surface area contributed by atoms with Crippen molar-refractivity contribution in [1.82, 2.24) is 10.2 Å². The Hall–Kier alpha value is -2.33. The number of ether oxygens (including phenoxy) is 1. The van der Waals surface area contributed by atoms with Crippen molar-refractivity contribution in [2.75, 3.05) is 26.7 Å². The second-order valence-corrected chi connectivity index (χ2v) is 5.16. The molecule has 0 unspecified atom stereocenters. The molecule has 0 bridgehead atoms. The number of hydrogen-bond acceptors (Lipinski definition) is 3. The minimum absolute atomic E-state index is 0.0195. The summed E-state index contributed by atoms with van der Waals surface area (Å²) >= 11 is 0. The van der Waals surface area contributed by atoms with Crippen LogP contribution in [-0.2, 0) is 11.3 Å². The van der Waals surface area contributed by atoms with Crippen LogP contribution in [0.25, 0.3) is 0 Å². The van der Waals surface area contributed by atoms with E-state index in [1.165, 1.54) is 0 Å². The van der Waals surface area contributed by atoms with Crippen LogP contribution in [0.3, 0.4) is 0 Å². The lowest BCUT2D eigenvalue weighted by Crippen LogP contribution is -2.36. The zero-order valence-corrected chi connectivity index (χ0v) is 12.9. The molecule has 0 spiro atoms. The fourth-order valence-electron chi connectivity index (χ4n) is 2.01. The normalized spacial score (nSPS) is 10.5. The highest BCUT2D eigenvalue weighted by Gasteiger charge is 2.06. The Kier molecular flexibility index (Phi) is 6.45. The summed E-state index contributed by atoms with van der Waals surface area (Å²) in [6.45, 7) is 2.19. The molecule has 22 heavy (non-hydrogen) atoms. The van der Waals surface area contributed by atoms with Gasteiger partial charge in [0, 0.05) is 13.1 Å². The highest BCUT2D eigenvalue weighted by molar-refractivity contribution is 5.77. The summed E-state index contributed by atoms with van der Waals surface area (Å²) in [4.78, 5) is 13.8. The lowest BCUT2D eigenvalue weighted by Gasteiger charge is -2.16. The number of carbonyl (C=O) groups is 1. The van der Waals surface area contributed by atoms with E-state index < -0.39 is 0 Å². The Morgan fingerprint density at radius 2 is 1.68 bits per heavy atom. The van der Waals surface area contributed by atoms with Gasteiger partial charge in [-0.25, -0.2) is 0 Å². The summed E-state index contributed by atoms with van der Waals surface area (Å²) in [5, 5.41) is 2.92. The van der Waals surface area contributed by atoms with Gasteiger partial charge in [-0.1, -0.05) is 48.5 Å². The first-order valence-corrected chi connectivity index (χ1v) is 7.41. The van der Waals surface area contributed by atoms with Crippen LogP contribution < -0.4 is 10.1 Å². The van der Waals surface area contributed by atoms with Crippen molar-refractivity contribution in [1.29, 1.82) is 0 Å². The van der Waals surface area contributed by atoms with Gasteiger partial charge in [-0.05, 0) is 24.7 Å². The third-order valence-corrected chi connectivity index (χ3v) is 3.23. The van der Waals surface area contributed by atoms with Gasteiger partial charge in [0.2, 0.25) is 5.91 Å². The van der Waals surface area contributed by atoms with Crippen molar-refractivity contribution >= 4 is 5.91 Å². The smallest absolute Gasteiger partial charge is 0.234 e. The molecule has 2 aromatic rings. The maximum Gasteiger partial charge on any atom is 0.234 e.